The van der Waals surface area contributed by atoms with Gasteiger partial charge < -0.3 is 15.5 Å². The Morgan fingerprint density at radius 3 is 2.53 bits per heavy atom. The summed E-state index contributed by atoms with van der Waals surface area (Å²) in [6.07, 6.45) is 2.16. The van der Waals surface area contributed by atoms with E-state index in [-0.39, 0.29) is 41.5 Å². The Hall–Kier alpha value is -0.620. The predicted octanol–water partition coefficient (Wildman–Crippen LogP) is 3.30. The van der Waals surface area contributed by atoms with Crippen molar-refractivity contribution < 1.29 is 8.42 Å². The van der Waals surface area contributed by atoms with Gasteiger partial charge in [0, 0.05) is 24.2 Å². The monoisotopic (exact) mass is 573 g/mol. The maximum absolute atomic E-state index is 12.3. The van der Waals surface area contributed by atoms with E-state index in [9.17, 15) is 8.42 Å². The van der Waals surface area contributed by atoms with Crippen LogP contribution in [-0.2, 0) is 10.0 Å². The number of nitrogens with zero attached hydrogens (tertiary/aromatic N) is 2. The molecule has 7 nitrogen and oxygen atoms in total. The van der Waals surface area contributed by atoms with Crippen LogP contribution in [0.2, 0.25) is 5.02 Å². The highest BCUT2D eigenvalue weighted by molar-refractivity contribution is 14.0. The molecule has 3 N–H and O–H groups in total. The lowest BCUT2D eigenvalue weighted by Gasteiger charge is -2.21. The van der Waals surface area contributed by atoms with Gasteiger partial charge in [-0.1, -0.05) is 31.5 Å². The molecule has 174 valence electrons. The molecular weight excluding hydrogens is 537 g/mol. The van der Waals surface area contributed by atoms with Crippen LogP contribution in [0.3, 0.4) is 0 Å². The Morgan fingerprint density at radius 1 is 1.23 bits per heavy atom. The lowest BCUT2D eigenvalue weighted by atomic mass is 10.2. The van der Waals surface area contributed by atoms with E-state index in [1.54, 1.807) is 12.1 Å². The summed E-state index contributed by atoms with van der Waals surface area (Å²) in [4.78, 5) is 7.04. The van der Waals surface area contributed by atoms with Crippen molar-refractivity contribution in [1.82, 2.24) is 20.3 Å². The van der Waals surface area contributed by atoms with Gasteiger partial charge in [0.05, 0.1) is 11.4 Å². The molecule has 1 aromatic carbocycles. The van der Waals surface area contributed by atoms with E-state index in [1.165, 1.54) is 12.1 Å². The number of aliphatic imine (C=N–C) groups is 1. The van der Waals surface area contributed by atoms with Crippen LogP contribution in [0, 0.1) is 0 Å². The molecule has 0 aromatic heterocycles. The SMILES string of the molecule is CCNC(=NCCNS(=O)(=O)c1cccc(Cl)c1)NC(C)CCCN(CC)CC.I. The number of hydrogen-bond donors (Lipinski definition) is 3. The first kappa shape index (κ1) is 29.4. The summed E-state index contributed by atoms with van der Waals surface area (Å²) < 4.78 is 27.2. The molecular formula is C20H37ClIN5O2S. The van der Waals surface area contributed by atoms with E-state index < -0.39 is 10.0 Å². The lowest BCUT2D eigenvalue weighted by Crippen LogP contribution is -2.43. The van der Waals surface area contributed by atoms with E-state index in [4.69, 9.17) is 11.6 Å². The molecule has 30 heavy (non-hydrogen) atoms. The van der Waals surface area contributed by atoms with Gasteiger partial charge in [-0.15, -0.1) is 24.0 Å². The van der Waals surface area contributed by atoms with E-state index in [0.717, 1.165) is 39.0 Å². The molecule has 0 amide bonds. The Labute approximate surface area is 204 Å². The topological polar surface area (TPSA) is 85.8 Å². The van der Waals surface area contributed by atoms with Crippen molar-refractivity contribution in [1.29, 1.82) is 0 Å². The molecule has 0 saturated heterocycles. The van der Waals surface area contributed by atoms with Gasteiger partial charge in [-0.3, -0.25) is 4.99 Å². The molecule has 0 heterocycles. The maximum Gasteiger partial charge on any atom is 0.240 e. The van der Waals surface area contributed by atoms with Crippen LogP contribution in [0.5, 0.6) is 0 Å². The van der Waals surface area contributed by atoms with Crippen LogP contribution in [-0.4, -0.2) is 64.6 Å². The highest BCUT2D eigenvalue weighted by atomic mass is 127. The van der Waals surface area contributed by atoms with Crippen molar-refractivity contribution in [2.75, 3.05) is 39.3 Å². The van der Waals surface area contributed by atoms with Crippen molar-refractivity contribution in [2.45, 2.75) is 51.5 Å². The second kappa shape index (κ2) is 16.1. The van der Waals surface area contributed by atoms with Gasteiger partial charge in [0.15, 0.2) is 5.96 Å². The third kappa shape index (κ3) is 11.7. The van der Waals surface area contributed by atoms with Crippen molar-refractivity contribution in [3.05, 3.63) is 29.3 Å². The highest BCUT2D eigenvalue weighted by Gasteiger charge is 2.13. The van der Waals surface area contributed by atoms with Crippen LogP contribution in [0.1, 0.15) is 40.5 Å². The van der Waals surface area contributed by atoms with Crippen molar-refractivity contribution in [3.8, 4) is 0 Å². The smallest absolute Gasteiger partial charge is 0.240 e. The van der Waals surface area contributed by atoms with Crippen LogP contribution in [0.25, 0.3) is 0 Å². The van der Waals surface area contributed by atoms with Gasteiger partial charge in [-0.05, 0) is 64.5 Å². The maximum atomic E-state index is 12.3. The van der Waals surface area contributed by atoms with Crippen LogP contribution < -0.4 is 15.4 Å². The molecule has 1 unspecified atom stereocenters. The van der Waals surface area contributed by atoms with E-state index in [0.29, 0.717) is 17.5 Å². The lowest BCUT2D eigenvalue weighted by molar-refractivity contribution is 0.292. The Bertz CT molecular complexity index is 730. The zero-order chi connectivity index (χ0) is 21.7. The quantitative estimate of drug-likeness (QED) is 0.146. The summed E-state index contributed by atoms with van der Waals surface area (Å²) in [7, 11) is -3.59. The van der Waals surface area contributed by atoms with E-state index >= 15 is 0 Å². The molecule has 0 radical (unpaired) electrons. The minimum atomic E-state index is -3.59. The standard InChI is InChI=1S/C20H36ClN5O2S.HI/c1-5-22-20(25-17(4)10-9-15-26(6-2)7-3)23-13-14-24-29(27,28)19-12-8-11-18(21)16-19;/h8,11-12,16-17,24H,5-7,9-10,13-15H2,1-4H3,(H2,22,23,25);1H. The largest absolute Gasteiger partial charge is 0.357 e. The van der Waals surface area contributed by atoms with Gasteiger partial charge in [0.1, 0.15) is 0 Å². The fourth-order valence-corrected chi connectivity index (χ4v) is 4.17. The number of hydrogen-bond acceptors (Lipinski definition) is 4. The first-order chi connectivity index (χ1) is 13.8. The molecule has 0 aliphatic rings. The van der Waals surface area contributed by atoms with Crippen LogP contribution in [0.4, 0.5) is 0 Å². The second-order valence-corrected chi connectivity index (χ2v) is 9.03. The molecule has 0 aliphatic heterocycles. The number of rotatable bonds is 13. The van der Waals surface area contributed by atoms with Gasteiger partial charge in [0.25, 0.3) is 0 Å². The normalized spacial score (nSPS) is 13.1. The molecule has 0 saturated carbocycles. The molecule has 1 aromatic rings. The number of nitrogens with one attached hydrogen (secondary N) is 3. The number of benzene rings is 1. The van der Waals surface area contributed by atoms with Gasteiger partial charge in [-0.2, -0.15) is 0 Å². The number of guanidine groups is 1. The fraction of sp³-hybridized carbons (Fsp3) is 0.650. The molecule has 1 atom stereocenters. The first-order valence-electron chi connectivity index (χ1n) is 10.3. The highest BCUT2D eigenvalue weighted by Crippen LogP contribution is 2.14. The number of halogens is 2. The van der Waals surface area contributed by atoms with Crippen molar-refractivity contribution in [2.24, 2.45) is 4.99 Å². The first-order valence-corrected chi connectivity index (χ1v) is 12.2. The van der Waals surface area contributed by atoms with Gasteiger partial charge in [0.2, 0.25) is 10.0 Å². The minimum Gasteiger partial charge on any atom is -0.357 e. The van der Waals surface area contributed by atoms with Crippen molar-refractivity contribution >= 4 is 51.6 Å². The zero-order valence-electron chi connectivity index (χ0n) is 18.4. The average Bonchev–Trinajstić information content (AvgIpc) is 2.68. The minimum absolute atomic E-state index is 0. The van der Waals surface area contributed by atoms with E-state index in [2.05, 4.69) is 46.0 Å². The van der Waals surface area contributed by atoms with Crippen LogP contribution in [0.15, 0.2) is 34.2 Å². The predicted molar refractivity (Wildman–Crippen MR) is 138 cm³/mol. The van der Waals surface area contributed by atoms with Crippen LogP contribution >= 0.6 is 35.6 Å². The molecule has 0 fully saturated rings. The Kier molecular flexibility index (Phi) is 15.7. The van der Waals surface area contributed by atoms with Gasteiger partial charge in [-0.25, -0.2) is 13.1 Å². The Morgan fingerprint density at radius 2 is 1.93 bits per heavy atom. The third-order valence-corrected chi connectivity index (χ3v) is 6.21. The fourth-order valence-electron chi connectivity index (χ4n) is 2.85. The molecule has 10 heteroatoms. The molecule has 0 spiro atoms. The molecule has 1 rings (SSSR count). The summed E-state index contributed by atoms with van der Waals surface area (Å²) >= 11 is 5.87. The zero-order valence-corrected chi connectivity index (χ0v) is 22.4. The van der Waals surface area contributed by atoms with Crippen molar-refractivity contribution in [3.63, 3.8) is 0 Å². The Balaban J connectivity index is 0.00000841. The molecule has 0 aliphatic carbocycles. The number of sulfonamides is 1. The summed E-state index contributed by atoms with van der Waals surface area (Å²) in [5.41, 5.74) is 0. The second-order valence-electron chi connectivity index (χ2n) is 6.83. The average molecular weight is 574 g/mol. The van der Waals surface area contributed by atoms with E-state index in [1.807, 2.05) is 6.92 Å². The summed E-state index contributed by atoms with van der Waals surface area (Å²) in [6, 6.07) is 6.49. The summed E-state index contributed by atoms with van der Waals surface area (Å²) in [5, 5.41) is 6.98. The summed E-state index contributed by atoms with van der Waals surface area (Å²) in [6.45, 7) is 13.0. The molecule has 0 bridgehead atoms. The van der Waals surface area contributed by atoms with Gasteiger partial charge >= 0.3 is 0 Å². The summed E-state index contributed by atoms with van der Waals surface area (Å²) in [5.74, 6) is 0.699. The third-order valence-electron chi connectivity index (χ3n) is 4.51.